The third-order valence-electron chi connectivity index (χ3n) is 8.25. The molecule has 0 amide bonds. The first-order valence-corrected chi connectivity index (χ1v) is 12.6. The summed E-state index contributed by atoms with van der Waals surface area (Å²) in [4.78, 5) is 14.7. The molecule has 0 saturated carbocycles. The fraction of sp³-hybridized carbons (Fsp3) is 0. The van der Waals surface area contributed by atoms with Crippen LogP contribution in [0.15, 0.2) is 18.2 Å². The molecule has 4 aromatic rings. The molecule has 166 valence electrons. The summed E-state index contributed by atoms with van der Waals surface area (Å²) in [5, 5.41) is 0.429. The van der Waals surface area contributed by atoms with Crippen LogP contribution in [-0.4, -0.2) is 93.4 Å². The van der Waals surface area contributed by atoms with Gasteiger partial charge in [0.1, 0.15) is 84.3 Å². The molecule has 3 nitrogen and oxygen atoms in total. The normalized spacial score (nSPS) is 11.1. The number of hydrogen-bond acceptors (Lipinski definition) is 3. The van der Waals surface area contributed by atoms with Gasteiger partial charge in [-0.2, -0.15) is 0 Å². The van der Waals surface area contributed by atoms with Gasteiger partial charge in [0.25, 0.3) is 0 Å². The molecule has 0 aliphatic rings. The van der Waals surface area contributed by atoms with Crippen LogP contribution in [0.3, 0.4) is 0 Å². The van der Waals surface area contributed by atoms with Crippen molar-refractivity contribution < 1.29 is 4.39 Å². The highest BCUT2D eigenvalue weighted by Gasteiger charge is 2.22. The zero-order chi connectivity index (χ0) is 26.6. The smallest absolute Gasteiger partial charge is 0.167 e. The van der Waals surface area contributed by atoms with Crippen LogP contribution in [0.4, 0.5) is 4.39 Å². The van der Waals surface area contributed by atoms with Gasteiger partial charge in [0, 0.05) is 16.1 Å². The molecule has 0 unspecified atom stereocenters. The predicted octanol–water partition coefficient (Wildman–Crippen LogP) is -11.8. The second-order valence-electron chi connectivity index (χ2n) is 9.93. The van der Waals surface area contributed by atoms with Crippen molar-refractivity contribution in [3.05, 3.63) is 29.0 Å². The maximum Gasteiger partial charge on any atom is 0.167 e. The minimum absolute atomic E-state index is 0.263. The van der Waals surface area contributed by atoms with Crippen molar-refractivity contribution in [3.8, 4) is 34.2 Å². The molecule has 0 aliphatic carbocycles. The third kappa shape index (κ3) is 4.32. The maximum atomic E-state index is 15.0. The summed E-state index contributed by atoms with van der Waals surface area (Å²) in [5.41, 5.74) is 14.0. The van der Waals surface area contributed by atoms with E-state index in [1.807, 2.05) is 0 Å². The molecule has 15 heteroatoms. The van der Waals surface area contributed by atoms with Crippen molar-refractivity contribution in [1.82, 2.24) is 15.0 Å². The number of hydrogen-bond donors (Lipinski definition) is 0. The molecule has 0 atom stereocenters. The van der Waals surface area contributed by atoms with Gasteiger partial charge in [0.15, 0.2) is 17.5 Å². The van der Waals surface area contributed by atoms with Crippen LogP contribution in [0.2, 0.25) is 5.02 Å². The Kier molecular flexibility index (Phi) is 7.22. The highest BCUT2D eigenvalue weighted by molar-refractivity contribution is 6.69. The molecule has 36 heavy (non-hydrogen) atoms. The van der Waals surface area contributed by atoms with Crippen LogP contribution in [-0.2, 0) is 0 Å². The zero-order valence-corrected chi connectivity index (χ0v) is 23.6. The number of aromatic nitrogens is 3. The lowest BCUT2D eigenvalue weighted by Gasteiger charge is -2.22. The Hall–Kier alpha value is -2.46. The minimum Gasteiger partial charge on any atom is -0.208 e. The first-order valence-electron chi connectivity index (χ1n) is 12.2. The highest BCUT2D eigenvalue weighted by Crippen LogP contribution is 2.26. The molecule has 1 heterocycles. The number of nitrogens with zero attached hydrogens (tertiary/aromatic N) is 3. The summed E-state index contributed by atoms with van der Waals surface area (Å²) < 4.78 is 15.0. The van der Waals surface area contributed by atoms with Gasteiger partial charge in [-0.25, -0.2) is 19.3 Å². The van der Waals surface area contributed by atoms with Crippen LogP contribution < -0.4 is 54.6 Å². The van der Waals surface area contributed by atoms with Crippen LogP contribution in [0.25, 0.3) is 34.2 Å². The SMILES string of the molecule is Bc1c(B)c(B)c(-c2nc(-c3cc(Cl)ccc3F)nc(-c3c(B)c(B)c(B)c(B)c3B)n2)c(B)c1B. The van der Waals surface area contributed by atoms with Gasteiger partial charge in [-0.1, -0.05) is 33.5 Å². The van der Waals surface area contributed by atoms with Gasteiger partial charge in [-0.15, -0.1) is 32.8 Å². The van der Waals surface area contributed by atoms with Crippen molar-refractivity contribution in [3.63, 3.8) is 0 Å². The zero-order valence-electron chi connectivity index (χ0n) is 22.8. The second kappa shape index (κ2) is 9.78. The molecule has 0 N–H and O–H groups in total. The molecule has 0 bridgehead atoms. The van der Waals surface area contributed by atoms with Crippen molar-refractivity contribution in [1.29, 1.82) is 0 Å². The van der Waals surface area contributed by atoms with E-state index in [0.717, 1.165) is 33.0 Å². The van der Waals surface area contributed by atoms with E-state index in [1.165, 1.54) is 44.9 Å². The fourth-order valence-corrected chi connectivity index (χ4v) is 5.23. The molecule has 1 aromatic heterocycles. The Morgan fingerprint density at radius 1 is 0.500 bits per heavy atom. The summed E-state index contributed by atoms with van der Waals surface area (Å²) in [7, 11) is 21.2. The third-order valence-corrected chi connectivity index (χ3v) is 8.49. The van der Waals surface area contributed by atoms with Gasteiger partial charge in [0.05, 0.1) is 5.56 Å². The standard InChI is InChI=1S/C21H23B10ClFN3/c22-9-7(10(23)14(27)17(30)13(9)26)20-34-19(5-3-4(32)1-2-6(5)33)35-21(36-20)8-11(24)15(28)18(31)16(29)12(8)25/h1-3H,22-31H2. The Morgan fingerprint density at radius 2 is 0.833 bits per heavy atom. The maximum absolute atomic E-state index is 15.0. The lowest BCUT2D eigenvalue weighted by Crippen LogP contribution is -2.55. The molecule has 0 radical (unpaired) electrons. The van der Waals surface area contributed by atoms with E-state index in [4.69, 9.17) is 26.6 Å². The van der Waals surface area contributed by atoms with E-state index in [-0.39, 0.29) is 11.4 Å². The lowest BCUT2D eigenvalue weighted by molar-refractivity contribution is 0.630. The van der Waals surface area contributed by atoms with Crippen LogP contribution in [0.1, 0.15) is 0 Å². The fourth-order valence-electron chi connectivity index (χ4n) is 5.06. The number of rotatable bonds is 3. The molecule has 3 aromatic carbocycles. The monoisotopic (exact) mass is 481 g/mol. The van der Waals surface area contributed by atoms with E-state index in [9.17, 15) is 0 Å². The number of halogens is 2. The molecular weight excluding hydrogens is 457 g/mol. The molecule has 0 fully saturated rings. The van der Waals surface area contributed by atoms with Gasteiger partial charge >= 0.3 is 0 Å². The quantitative estimate of drug-likeness (QED) is 0.274. The largest absolute Gasteiger partial charge is 0.208 e. The summed E-state index contributed by atoms with van der Waals surface area (Å²) in [6.07, 6.45) is 0. The average Bonchev–Trinajstić information content (AvgIpc) is 2.85. The van der Waals surface area contributed by atoms with Gasteiger partial charge in [0.2, 0.25) is 0 Å². The molecular formula is C21H23B10ClFN3. The lowest BCUT2D eigenvalue weighted by atomic mass is 9.60. The van der Waals surface area contributed by atoms with Crippen molar-refractivity contribution in [2.75, 3.05) is 0 Å². The summed E-state index contributed by atoms with van der Waals surface area (Å²) >= 11 is 6.26. The van der Waals surface area contributed by atoms with Gasteiger partial charge in [-0.3, -0.25) is 0 Å². The van der Waals surface area contributed by atoms with Crippen LogP contribution >= 0.6 is 11.6 Å². The van der Waals surface area contributed by atoms with Gasteiger partial charge < -0.3 is 0 Å². The van der Waals surface area contributed by atoms with Crippen LogP contribution in [0.5, 0.6) is 0 Å². The van der Waals surface area contributed by atoms with E-state index < -0.39 is 5.82 Å². The van der Waals surface area contributed by atoms with E-state index in [0.29, 0.717) is 16.7 Å². The molecule has 4 rings (SSSR count). The van der Waals surface area contributed by atoms with Crippen LogP contribution in [0, 0.1) is 5.82 Å². The Balaban J connectivity index is 2.16. The van der Waals surface area contributed by atoms with Crippen molar-refractivity contribution in [2.45, 2.75) is 0 Å². The Labute approximate surface area is 226 Å². The Morgan fingerprint density at radius 3 is 1.22 bits per heavy atom. The molecule has 0 spiro atoms. The summed E-state index contributed by atoms with van der Waals surface area (Å²) in [5.74, 6) is 0.951. The van der Waals surface area contributed by atoms with Crippen molar-refractivity contribution in [2.24, 2.45) is 0 Å². The molecule has 0 saturated heterocycles. The van der Waals surface area contributed by atoms with E-state index in [1.54, 1.807) is 6.07 Å². The van der Waals surface area contributed by atoms with Gasteiger partial charge in [-0.05, 0) is 18.2 Å². The second-order valence-corrected chi connectivity index (χ2v) is 10.4. The predicted molar refractivity (Wildman–Crippen MR) is 183 cm³/mol. The minimum atomic E-state index is -0.420. The van der Waals surface area contributed by atoms with E-state index in [2.05, 4.69) is 78.5 Å². The first-order chi connectivity index (χ1) is 16.8. The average molecular weight is 480 g/mol. The highest BCUT2D eigenvalue weighted by atomic mass is 35.5. The topological polar surface area (TPSA) is 38.7 Å². The number of benzene rings is 3. The summed E-state index contributed by atoms with van der Waals surface area (Å²) in [6.45, 7) is 0. The van der Waals surface area contributed by atoms with Crippen molar-refractivity contribution >= 4 is 145 Å². The molecule has 0 aliphatic heterocycles. The summed E-state index contributed by atoms with van der Waals surface area (Å²) in [6, 6.07) is 4.47. The van der Waals surface area contributed by atoms with E-state index >= 15 is 4.39 Å². The Bertz CT molecular complexity index is 1440. The first kappa shape index (κ1) is 26.6.